The van der Waals surface area contributed by atoms with Gasteiger partial charge in [-0.15, -0.1) is 0 Å². The Bertz CT molecular complexity index is 849. The van der Waals surface area contributed by atoms with Gasteiger partial charge in [0.1, 0.15) is 17.4 Å². The summed E-state index contributed by atoms with van der Waals surface area (Å²) in [6.45, 7) is 3.91. The monoisotopic (exact) mass is 355 g/mol. The third-order valence-electron chi connectivity index (χ3n) is 3.62. The number of aryl methyl sites for hydroxylation is 2. The molecule has 0 heterocycles. The maximum atomic E-state index is 12.3. The van der Waals surface area contributed by atoms with Crippen LogP contribution < -0.4 is 15.4 Å². The zero-order valence-corrected chi connectivity index (χ0v) is 14.9. The fourth-order valence-electron chi connectivity index (χ4n) is 2.28. The van der Waals surface area contributed by atoms with Gasteiger partial charge in [-0.25, -0.2) is 0 Å². The molecule has 1 amide bonds. The van der Waals surface area contributed by atoms with Gasteiger partial charge in [0, 0.05) is 17.6 Å². The van der Waals surface area contributed by atoms with E-state index in [2.05, 4.69) is 10.6 Å². The number of nitriles is 1. The number of nitrogens with one attached hydrogen (secondary N) is 2. The topological polar surface area (TPSA) is 74.1 Å². The van der Waals surface area contributed by atoms with E-state index in [0.29, 0.717) is 16.5 Å². The Hall–Kier alpha value is -2.97. The van der Waals surface area contributed by atoms with Gasteiger partial charge in [-0.3, -0.25) is 4.79 Å². The van der Waals surface area contributed by atoms with E-state index in [1.807, 2.05) is 38.1 Å². The average molecular weight is 356 g/mol. The third kappa shape index (κ3) is 4.52. The van der Waals surface area contributed by atoms with Crippen molar-refractivity contribution in [2.45, 2.75) is 13.8 Å². The molecular weight excluding hydrogens is 338 g/mol. The first-order chi connectivity index (χ1) is 12.0. The minimum absolute atomic E-state index is 0.0467. The summed E-state index contributed by atoms with van der Waals surface area (Å²) in [5.41, 5.74) is 3.35. The molecule has 25 heavy (non-hydrogen) atoms. The molecule has 0 atom stereocenters. The Kier molecular flexibility index (Phi) is 6.04. The van der Waals surface area contributed by atoms with Crippen LogP contribution in [-0.2, 0) is 4.79 Å². The molecule has 0 aliphatic rings. The van der Waals surface area contributed by atoms with Gasteiger partial charge in [0.2, 0.25) is 0 Å². The fourth-order valence-corrected chi connectivity index (χ4v) is 2.54. The number of rotatable bonds is 5. The number of hydrogen-bond donors (Lipinski definition) is 2. The van der Waals surface area contributed by atoms with Crippen molar-refractivity contribution in [1.82, 2.24) is 0 Å². The number of methoxy groups -OCH3 is 1. The van der Waals surface area contributed by atoms with Crippen molar-refractivity contribution in [3.8, 4) is 11.8 Å². The predicted molar refractivity (Wildman–Crippen MR) is 99.9 cm³/mol. The van der Waals surface area contributed by atoms with Gasteiger partial charge in [-0.1, -0.05) is 29.8 Å². The maximum absolute atomic E-state index is 12.3. The quantitative estimate of drug-likeness (QED) is 0.615. The SMILES string of the molecule is COc1ccc(NC(=O)/C(C#N)=C\Nc2c(C)cccc2C)cc1Cl. The molecule has 0 aliphatic carbocycles. The lowest BCUT2D eigenvalue weighted by Crippen LogP contribution is -2.14. The zero-order valence-electron chi connectivity index (χ0n) is 14.2. The standard InChI is InChI=1S/C19H18ClN3O2/c1-12-5-4-6-13(2)18(12)22-11-14(10-21)19(24)23-15-7-8-17(25-3)16(20)9-15/h4-9,11,22H,1-3H3,(H,23,24)/b14-11-. The third-order valence-corrected chi connectivity index (χ3v) is 3.91. The molecule has 0 saturated heterocycles. The molecule has 0 fully saturated rings. The zero-order chi connectivity index (χ0) is 18.4. The lowest BCUT2D eigenvalue weighted by molar-refractivity contribution is -0.112. The van der Waals surface area contributed by atoms with Crippen LogP contribution in [0.25, 0.3) is 0 Å². The largest absolute Gasteiger partial charge is 0.495 e. The van der Waals surface area contributed by atoms with Crippen LogP contribution in [0.2, 0.25) is 5.02 Å². The summed E-state index contributed by atoms with van der Waals surface area (Å²) in [6.07, 6.45) is 1.40. The Morgan fingerprint density at radius 1 is 1.24 bits per heavy atom. The maximum Gasteiger partial charge on any atom is 0.267 e. The second-order valence-electron chi connectivity index (χ2n) is 5.38. The molecule has 0 bridgehead atoms. The number of carbonyl (C=O) groups excluding carboxylic acids is 1. The molecule has 2 aromatic carbocycles. The lowest BCUT2D eigenvalue weighted by atomic mass is 10.1. The Morgan fingerprint density at radius 3 is 2.48 bits per heavy atom. The fraction of sp³-hybridized carbons (Fsp3) is 0.158. The Balaban J connectivity index is 2.16. The molecule has 2 N–H and O–H groups in total. The van der Waals surface area contributed by atoms with Crippen LogP contribution in [0.5, 0.6) is 5.75 Å². The smallest absolute Gasteiger partial charge is 0.267 e. The summed E-state index contributed by atoms with van der Waals surface area (Å²) < 4.78 is 5.07. The summed E-state index contributed by atoms with van der Waals surface area (Å²) in [5.74, 6) is -0.0186. The molecule has 0 aliphatic heterocycles. The molecule has 2 aromatic rings. The van der Waals surface area contributed by atoms with E-state index in [1.54, 1.807) is 18.2 Å². The second-order valence-corrected chi connectivity index (χ2v) is 5.79. The molecule has 2 rings (SSSR count). The van der Waals surface area contributed by atoms with Crippen molar-refractivity contribution >= 4 is 28.9 Å². The van der Waals surface area contributed by atoms with Crippen molar-refractivity contribution in [1.29, 1.82) is 5.26 Å². The number of anilines is 2. The average Bonchev–Trinajstić information content (AvgIpc) is 2.58. The number of ether oxygens (including phenoxy) is 1. The minimum atomic E-state index is -0.525. The predicted octanol–water partition coefficient (Wildman–Crippen LogP) is 4.42. The lowest BCUT2D eigenvalue weighted by Gasteiger charge is -2.10. The van der Waals surface area contributed by atoms with Crippen molar-refractivity contribution in [2.75, 3.05) is 17.7 Å². The van der Waals surface area contributed by atoms with Gasteiger partial charge in [-0.05, 0) is 43.2 Å². The number of halogens is 1. The van der Waals surface area contributed by atoms with Gasteiger partial charge in [0.15, 0.2) is 0 Å². The van der Waals surface area contributed by atoms with Crippen LogP contribution in [0.4, 0.5) is 11.4 Å². The van der Waals surface area contributed by atoms with E-state index in [9.17, 15) is 10.1 Å². The molecule has 0 unspecified atom stereocenters. The molecular formula is C19H18ClN3O2. The highest BCUT2D eigenvalue weighted by atomic mass is 35.5. The molecule has 6 heteroatoms. The van der Waals surface area contributed by atoms with E-state index in [0.717, 1.165) is 16.8 Å². The minimum Gasteiger partial charge on any atom is -0.495 e. The summed E-state index contributed by atoms with van der Waals surface area (Å²) in [4.78, 5) is 12.3. The van der Waals surface area contributed by atoms with Crippen LogP contribution in [0.3, 0.4) is 0 Å². The number of benzene rings is 2. The summed E-state index contributed by atoms with van der Waals surface area (Å²) in [6, 6.07) is 12.6. The van der Waals surface area contributed by atoms with Crippen molar-refractivity contribution in [3.05, 3.63) is 64.3 Å². The first-order valence-corrected chi connectivity index (χ1v) is 7.92. The highest BCUT2D eigenvalue weighted by Crippen LogP contribution is 2.27. The summed E-state index contributed by atoms with van der Waals surface area (Å²) >= 11 is 6.03. The van der Waals surface area contributed by atoms with Gasteiger partial charge in [0.25, 0.3) is 5.91 Å². The van der Waals surface area contributed by atoms with Crippen LogP contribution in [-0.4, -0.2) is 13.0 Å². The molecule has 0 saturated carbocycles. The number of amides is 1. The summed E-state index contributed by atoms with van der Waals surface area (Å²) in [5, 5.41) is 15.3. The number of nitrogens with zero attached hydrogens (tertiary/aromatic N) is 1. The Morgan fingerprint density at radius 2 is 1.92 bits per heavy atom. The van der Waals surface area contributed by atoms with Crippen molar-refractivity contribution < 1.29 is 9.53 Å². The molecule has 128 valence electrons. The molecule has 5 nitrogen and oxygen atoms in total. The van der Waals surface area contributed by atoms with Crippen LogP contribution in [0.1, 0.15) is 11.1 Å². The highest BCUT2D eigenvalue weighted by molar-refractivity contribution is 6.32. The molecule has 0 radical (unpaired) electrons. The first-order valence-electron chi connectivity index (χ1n) is 7.54. The van der Waals surface area contributed by atoms with Gasteiger partial charge in [0.05, 0.1) is 12.1 Å². The van der Waals surface area contributed by atoms with E-state index >= 15 is 0 Å². The van der Waals surface area contributed by atoms with E-state index < -0.39 is 5.91 Å². The summed E-state index contributed by atoms with van der Waals surface area (Å²) in [7, 11) is 1.51. The van der Waals surface area contributed by atoms with Crippen LogP contribution >= 0.6 is 11.6 Å². The second kappa shape index (κ2) is 8.22. The van der Waals surface area contributed by atoms with E-state index in [-0.39, 0.29) is 5.57 Å². The molecule has 0 aromatic heterocycles. The number of para-hydroxylation sites is 1. The van der Waals surface area contributed by atoms with Crippen LogP contribution in [0.15, 0.2) is 48.2 Å². The van der Waals surface area contributed by atoms with Crippen molar-refractivity contribution in [2.24, 2.45) is 0 Å². The van der Waals surface area contributed by atoms with Crippen LogP contribution in [0, 0.1) is 25.2 Å². The molecule has 0 spiro atoms. The number of carbonyl (C=O) groups is 1. The normalized spacial score (nSPS) is 10.8. The number of hydrogen-bond acceptors (Lipinski definition) is 4. The van der Waals surface area contributed by atoms with E-state index in [1.165, 1.54) is 13.3 Å². The van der Waals surface area contributed by atoms with E-state index in [4.69, 9.17) is 16.3 Å². The highest BCUT2D eigenvalue weighted by Gasteiger charge is 2.11. The van der Waals surface area contributed by atoms with Gasteiger partial charge < -0.3 is 15.4 Å². The van der Waals surface area contributed by atoms with Gasteiger partial charge in [-0.2, -0.15) is 5.26 Å². The first kappa shape index (κ1) is 18.4. The van der Waals surface area contributed by atoms with Gasteiger partial charge >= 0.3 is 0 Å². The van der Waals surface area contributed by atoms with Crippen molar-refractivity contribution in [3.63, 3.8) is 0 Å². The Labute approximate surface area is 151 Å².